The zero-order chi connectivity index (χ0) is 15.5. The number of β-amino-alcohol motifs (C(OH)–C–C–N with tert-alkyl or cyclic N) is 1. The molecule has 1 N–H and O–H groups in total. The van der Waals surface area contributed by atoms with Gasteiger partial charge in [-0.1, -0.05) is 0 Å². The third-order valence-corrected chi connectivity index (χ3v) is 4.38. The van der Waals surface area contributed by atoms with Gasteiger partial charge < -0.3 is 19.6 Å². The van der Waals surface area contributed by atoms with Crippen LogP contribution in [0.2, 0.25) is 0 Å². The summed E-state index contributed by atoms with van der Waals surface area (Å²) in [4.78, 5) is 16.1. The van der Waals surface area contributed by atoms with Crippen LogP contribution < -0.4 is 0 Å². The van der Waals surface area contributed by atoms with Gasteiger partial charge in [0.2, 0.25) is 0 Å². The number of likely N-dealkylation sites (tertiary alicyclic amines) is 2. The monoisotopic (exact) mass is 298 g/mol. The summed E-state index contributed by atoms with van der Waals surface area (Å²) in [7, 11) is 0. The van der Waals surface area contributed by atoms with E-state index in [2.05, 4.69) is 4.90 Å². The SMILES string of the molecule is CC(C)(C)OC(=O)N1CCC(C(O)CN2CCCC2)CC1. The smallest absolute Gasteiger partial charge is 0.410 e. The molecule has 0 saturated carbocycles. The van der Waals surface area contributed by atoms with Gasteiger partial charge in [0.25, 0.3) is 0 Å². The Kier molecular flexibility index (Phi) is 5.49. The first-order chi connectivity index (χ1) is 9.85. The van der Waals surface area contributed by atoms with Gasteiger partial charge >= 0.3 is 6.09 Å². The van der Waals surface area contributed by atoms with E-state index in [4.69, 9.17) is 4.74 Å². The van der Waals surface area contributed by atoms with Crippen molar-refractivity contribution in [1.29, 1.82) is 0 Å². The first kappa shape index (κ1) is 16.6. The Balaban J connectivity index is 1.73. The average Bonchev–Trinajstić information content (AvgIpc) is 2.90. The van der Waals surface area contributed by atoms with Crippen molar-refractivity contribution >= 4 is 6.09 Å². The van der Waals surface area contributed by atoms with Crippen molar-refractivity contribution in [2.45, 2.75) is 58.2 Å². The van der Waals surface area contributed by atoms with Gasteiger partial charge in [-0.2, -0.15) is 0 Å². The molecule has 0 radical (unpaired) electrons. The van der Waals surface area contributed by atoms with E-state index in [0.717, 1.165) is 32.5 Å². The first-order valence-electron chi connectivity index (χ1n) is 8.23. The van der Waals surface area contributed by atoms with Gasteiger partial charge in [0, 0.05) is 19.6 Å². The Bertz CT molecular complexity index is 340. The highest BCUT2D eigenvalue weighted by Gasteiger charge is 2.30. The number of amides is 1. The highest BCUT2D eigenvalue weighted by molar-refractivity contribution is 5.68. The molecule has 0 aromatic carbocycles. The highest BCUT2D eigenvalue weighted by atomic mass is 16.6. The standard InChI is InChI=1S/C16H30N2O3/c1-16(2,3)21-15(20)18-10-6-13(7-11-18)14(19)12-17-8-4-5-9-17/h13-14,19H,4-12H2,1-3H3. The summed E-state index contributed by atoms with van der Waals surface area (Å²) in [6.07, 6.45) is 3.76. The second-order valence-corrected chi connectivity index (χ2v) is 7.38. The zero-order valence-electron chi connectivity index (χ0n) is 13.7. The van der Waals surface area contributed by atoms with E-state index in [1.165, 1.54) is 12.8 Å². The van der Waals surface area contributed by atoms with Crippen LogP contribution in [-0.2, 0) is 4.74 Å². The summed E-state index contributed by atoms with van der Waals surface area (Å²) in [6, 6.07) is 0. The number of ether oxygens (including phenoxy) is 1. The zero-order valence-corrected chi connectivity index (χ0v) is 13.7. The molecular weight excluding hydrogens is 268 g/mol. The number of carbonyl (C=O) groups excluding carboxylic acids is 1. The number of piperidine rings is 1. The number of hydrogen-bond donors (Lipinski definition) is 1. The number of carbonyl (C=O) groups is 1. The summed E-state index contributed by atoms with van der Waals surface area (Å²) in [6.45, 7) is 10.1. The lowest BCUT2D eigenvalue weighted by molar-refractivity contribution is 0.00339. The number of hydrogen-bond acceptors (Lipinski definition) is 4. The van der Waals surface area contributed by atoms with Crippen LogP contribution in [0.3, 0.4) is 0 Å². The van der Waals surface area contributed by atoms with E-state index in [1.807, 2.05) is 20.8 Å². The lowest BCUT2D eigenvalue weighted by atomic mass is 9.91. The van der Waals surface area contributed by atoms with Crippen LogP contribution in [0.4, 0.5) is 4.79 Å². The van der Waals surface area contributed by atoms with Crippen LogP contribution >= 0.6 is 0 Å². The topological polar surface area (TPSA) is 53.0 Å². The van der Waals surface area contributed by atoms with Gasteiger partial charge in [0.15, 0.2) is 0 Å². The van der Waals surface area contributed by atoms with Gasteiger partial charge in [-0.25, -0.2) is 4.79 Å². The molecule has 0 aromatic rings. The molecule has 122 valence electrons. The number of nitrogens with zero attached hydrogens (tertiary/aromatic N) is 2. The molecule has 2 heterocycles. The van der Waals surface area contributed by atoms with Crippen LogP contribution in [0, 0.1) is 5.92 Å². The predicted molar refractivity (Wildman–Crippen MR) is 82.2 cm³/mol. The molecule has 5 heteroatoms. The Morgan fingerprint density at radius 3 is 2.29 bits per heavy atom. The molecule has 2 saturated heterocycles. The van der Waals surface area contributed by atoms with Crippen LogP contribution in [0.1, 0.15) is 46.5 Å². The minimum Gasteiger partial charge on any atom is -0.444 e. The molecule has 2 fully saturated rings. The molecule has 0 aliphatic carbocycles. The molecule has 2 aliphatic rings. The summed E-state index contributed by atoms with van der Waals surface area (Å²) in [5.74, 6) is 0.310. The second-order valence-electron chi connectivity index (χ2n) is 7.38. The normalized spacial score (nSPS) is 23.3. The molecule has 2 aliphatic heterocycles. The van der Waals surface area contributed by atoms with Crippen LogP contribution in [-0.4, -0.2) is 65.4 Å². The number of rotatable bonds is 3. The minimum absolute atomic E-state index is 0.227. The average molecular weight is 298 g/mol. The fraction of sp³-hybridized carbons (Fsp3) is 0.938. The van der Waals surface area contributed by atoms with E-state index >= 15 is 0 Å². The molecule has 21 heavy (non-hydrogen) atoms. The third kappa shape index (κ3) is 5.15. The summed E-state index contributed by atoms with van der Waals surface area (Å²) in [5, 5.41) is 10.4. The molecule has 1 amide bonds. The Morgan fingerprint density at radius 1 is 1.19 bits per heavy atom. The molecule has 2 rings (SSSR count). The van der Waals surface area contributed by atoms with Crippen molar-refractivity contribution in [2.75, 3.05) is 32.7 Å². The maximum absolute atomic E-state index is 12.0. The van der Waals surface area contributed by atoms with Gasteiger partial charge in [0.1, 0.15) is 5.60 Å². The van der Waals surface area contributed by atoms with E-state index in [-0.39, 0.29) is 12.2 Å². The lowest BCUT2D eigenvalue weighted by Gasteiger charge is -2.36. The van der Waals surface area contributed by atoms with Crippen molar-refractivity contribution in [1.82, 2.24) is 9.80 Å². The fourth-order valence-corrected chi connectivity index (χ4v) is 3.17. The van der Waals surface area contributed by atoms with E-state index in [0.29, 0.717) is 19.0 Å². The van der Waals surface area contributed by atoms with Gasteiger partial charge in [0.05, 0.1) is 6.10 Å². The van der Waals surface area contributed by atoms with Crippen molar-refractivity contribution in [2.24, 2.45) is 5.92 Å². The maximum atomic E-state index is 12.0. The van der Waals surface area contributed by atoms with Crippen molar-refractivity contribution in [3.63, 3.8) is 0 Å². The predicted octanol–water partition coefficient (Wildman–Crippen LogP) is 2.09. The van der Waals surface area contributed by atoms with Gasteiger partial charge in [-0.05, 0) is 65.5 Å². The Labute approximate surface area is 128 Å². The van der Waals surface area contributed by atoms with Crippen LogP contribution in [0.5, 0.6) is 0 Å². The molecule has 5 nitrogen and oxygen atoms in total. The minimum atomic E-state index is -0.441. The van der Waals surface area contributed by atoms with Crippen molar-refractivity contribution < 1.29 is 14.6 Å². The molecule has 0 bridgehead atoms. The Hall–Kier alpha value is -0.810. The van der Waals surface area contributed by atoms with E-state index < -0.39 is 5.60 Å². The van der Waals surface area contributed by atoms with E-state index in [9.17, 15) is 9.90 Å². The van der Waals surface area contributed by atoms with E-state index in [1.54, 1.807) is 4.90 Å². The lowest BCUT2D eigenvalue weighted by Crippen LogP contribution is -2.45. The third-order valence-electron chi connectivity index (χ3n) is 4.38. The summed E-state index contributed by atoms with van der Waals surface area (Å²) >= 11 is 0. The van der Waals surface area contributed by atoms with Crippen molar-refractivity contribution in [3.05, 3.63) is 0 Å². The molecular formula is C16H30N2O3. The Morgan fingerprint density at radius 2 is 1.76 bits per heavy atom. The van der Waals surface area contributed by atoms with Crippen LogP contribution in [0.15, 0.2) is 0 Å². The molecule has 1 unspecified atom stereocenters. The van der Waals surface area contributed by atoms with Gasteiger partial charge in [-0.3, -0.25) is 0 Å². The maximum Gasteiger partial charge on any atom is 0.410 e. The highest BCUT2D eigenvalue weighted by Crippen LogP contribution is 2.23. The number of aliphatic hydroxyl groups excluding tert-OH is 1. The second kappa shape index (κ2) is 6.97. The fourth-order valence-electron chi connectivity index (χ4n) is 3.17. The summed E-state index contributed by atoms with van der Waals surface area (Å²) < 4.78 is 5.40. The first-order valence-corrected chi connectivity index (χ1v) is 8.23. The quantitative estimate of drug-likeness (QED) is 0.867. The summed E-state index contributed by atoms with van der Waals surface area (Å²) in [5.41, 5.74) is -0.441. The molecule has 0 aromatic heterocycles. The van der Waals surface area contributed by atoms with Crippen LogP contribution in [0.25, 0.3) is 0 Å². The largest absolute Gasteiger partial charge is 0.444 e. The molecule has 1 atom stereocenters. The van der Waals surface area contributed by atoms with Gasteiger partial charge in [-0.15, -0.1) is 0 Å². The molecule has 0 spiro atoms. The number of aliphatic hydroxyl groups is 1. The van der Waals surface area contributed by atoms with Crippen molar-refractivity contribution in [3.8, 4) is 0 Å².